The van der Waals surface area contributed by atoms with Gasteiger partial charge in [0.05, 0.1) is 28.8 Å². The molecule has 6 heteroatoms. The van der Waals surface area contributed by atoms with Gasteiger partial charge in [-0.1, -0.05) is 17.7 Å². The van der Waals surface area contributed by atoms with Crippen molar-refractivity contribution in [3.63, 3.8) is 0 Å². The average Bonchev–Trinajstić information content (AvgIpc) is 2.88. The molecule has 1 aromatic heterocycles. The molecule has 0 saturated carbocycles. The second kappa shape index (κ2) is 5.73. The van der Waals surface area contributed by atoms with Crippen LogP contribution in [0, 0.1) is 0 Å². The number of nitrogens with one attached hydrogen (secondary N) is 1. The van der Waals surface area contributed by atoms with Crippen molar-refractivity contribution >= 4 is 34.5 Å². The number of rotatable bonds is 2. The summed E-state index contributed by atoms with van der Waals surface area (Å²) < 4.78 is 11.1. The molecular formula is C14H12ClNO3S. The van der Waals surface area contributed by atoms with Crippen LogP contribution in [0.5, 0.6) is 11.5 Å². The molecule has 0 unspecified atom stereocenters. The molecule has 4 nitrogen and oxygen atoms in total. The SMILES string of the molecule is O=C(Nc1cc2c(cc1Cl)OCCCO2)c1cccs1. The van der Waals surface area contributed by atoms with Gasteiger partial charge in [0.15, 0.2) is 11.5 Å². The standard InChI is InChI=1S/C14H12ClNO3S/c15-9-7-11-12(19-5-2-4-18-11)8-10(9)16-14(17)13-3-1-6-20-13/h1,3,6-8H,2,4-5H2,(H,16,17). The lowest BCUT2D eigenvalue weighted by atomic mass is 10.2. The number of halogens is 1. The van der Waals surface area contributed by atoms with E-state index >= 15 is 0 Å². The van der Waals surface area contributed by atoms with Crippen LogP contribution >= 0.6 is 22.9 Å². The number of carbonyl (C=O) groups excluding carboxylic acids is 1. The Kier molecular flexibility index (Phi) is 3.80. The van der Waals surface area contributed by atoms with E-state index in [-0.39, 0.29) is 5.91 Å². The van der Waals surface area contributed by atoms with Crippen LogP contribution in [0.1, 0.15) is 16.1 Å². The van der Waals surface area contributed by atoms with Gasteiger partial charge in [-0.2, -0.15) is 0 Å². The molecule has 0 aliphatic carbocycles. The van der Waals surface area contributed by atoms with Crippen molar-refractivity contribution in [1.82, 2.24) is 0 Å². The van der Waals surface area contributed by atoms with Gasteiger partial charge in [-0.05, 0) is 11.4 Å². The first kappa shape index (κ1) is 13.3. The second-order valence-electron chi connectivity index (χ2n) is 4.26. The van der Waals surface area contributed by atoms with E-state index in [0.717, 1.165) is 6.42 Å². The van der Waals surface area contributed by atoms with E-state index in [9.17, 15) is 4.79 Å². The number of fused-ring (bicyclic) bond motifs is 1. The Morgan fingerprint density at radius 2 is 2.00 bits per heavy atom. The number of anilines is 1. The van der Waals surface area contributed by atoms with Crippen LogP contribution in [0.4, 0.5) is 5.69 Å². The third-order valence-electron chi connectivity index (χ3n) is 2.83. The summed E-state index contributed by atoms with van der Waals surface area (Å²) in [6.07, 6.45) is 0.823. The van der Waals surface area contributed by atoms with Crippen LogP contribution in [0.15, 0.2) is 29.6 Å². The van der Waals surface area contributed by atoms with Crippen molar-refractivity contribution in [2.24, 2.45) is 0 Å². The van der Waals surface area contributed by atoms with E-state index in [1.54, 1.807) is 18.2 Å². The van der Waals surface area contributed by atoms with Crippen LogP contribution in [0.2, 0.25) is 5.02 Å². The lowest BCUT2D eigenvalue weighted by Crippen LogP contribution is -2.10. The molecule has 0 bridgehead atoms. The first-order chi connectivity index (χ1) is 9.74. The van der Waals surface area contributed by atoms with Crippen molar-refractivity contribution in [2.45, 2.75) is 6.42 Å². The molecule has 1 amide bonds. The third kappa shape index (κ3) is 2.73. The van der Waals surface area contributed by atoms with Crippen LogP contribution in [0.3, 0.4) is 0 Å². The highest BCUT2D eigenvalue weighted by molar-refractivity contribution is 7.12. The molecule has 1 aliphatic rings. The Morgan fingerprint density at radius 3 is 2.70 bits per heavy atom. The van der Waals surface area contributed by atoms with Gasteiger partial charge in [0.2, 0.25) is 0 Å². The van der Waals surface area contributed by atoms with Gasteiger partial charge in [-0.15, -0.1) is 11.3 Å². The molecule has 0 spiro atoms. The fraction of sp³-hybridized carbons (Fsp3) is 0.214. The summed E-state index contributed by atoms with van der Waals surface area (Å²) in [5, 5.41) is 5.07. The van der Waals surface area contributed by atoms with Crippen molar-refractivity contribution < 1.29 is 14.3 Å². The zero-order chi connectivity index (χ0) is 13.9. The van der Waals surface area contributed by atoms with Crippen LogP contribution in [-0.2, 0) is 0 Å². The van der Waals surface area contributed by atoms with E-state index in [1.807, 2.05) is 11.4 Å². The Bertz CT molecular complexity index is 628. The summed E-state index contributed by atoms with van der Waals surface area (Å²) in [5.74, 6) is 1.03. The zero-order valence-electron chi connectivity index (χ0n) is 10.5. The number of thiophene rings is 1. The highest BCUT2D eigenvalue weighted by Gasteiger charge is 2.16. The molecule has 0 fully saturated rings. The number of amides is 1. The molecule has 0 atom stereocenters. The molecule has 1 aliphatic heterocycles. The van der Waals surface area contributed by atoms with Crippen molar-refractivity contribution in [3.8, 4) is 11.5 Å². The molecule has 2 aromatic rings. The maximum absolute atomic E-state index is 12.0. The summed E-state index contributed by atoms with van der Waals surface area (Å²) in [5.41, 5.74) is 0.523. The zero-order valence-corrected chi connectivity index (χ0v) is 12.1. The van der Waals surface area contributed by atoms with Gasteiger partial charge >= 0.3 is 0 Å². The molecule has 0 saturated heterocycles. The Labute approximate surface area is 125 Å². The molecular weight excluding hydrogens is 298 g/mol. The summed E-state index contributed by atoms with van der Waals surface area (Å²) in [7, 11) is 0. The van der Waals surface area contributed by atoms with Gasteiger partial charge in [0.25, 0.3) is 5.91 Å². The minimum Gasteiger partial charge on any atom is -0.490 e. The lowest BCUT2D eigenvalue weighted by Gasteiger charge is -2.12. The summed E-state index contributed by atoms with van der Waals surface area (Å²) >= 11 is 7.55. The number of carbonyl (C=O) groups is 1. The second-order valence-corrected chi connectivity index (χ2v) is 5.62. The van der Waals surface area contributed by atoms with E-state index in [4.69, 9.17) is 21.1 Å². The summed E-state index contributed by atoms with van der Waals surface area (Å²) in [6, 6.07) is 6.97. The fourth-order valence-corrected chi connectivity index (χ4v) is 2.69. The number of benzene rings is 1. The van der Waals surface area contributed by atoms with Crippen LogP contribution < -0.4 is 14.8 Å². The third-order valence-corrected chi connectivity index (χ3v) is 4.01. The molecule has 1 aromatic carbocycles. The van der Waals surface area contributed by atoms with E-state index in [2.05, 4.69) is 5.32 Å². The predicted molar refractivity (Wildman–Crippen MR) is 79.3 cm³/mol. The Balaban J connectivity index is 1.86. The minimum atomic E-state index is -0.184. The van der Waals surface area contributed by atoms with Gasteiger partial charge in [0.1, 0.15) is 0 Å². The van der Waals surface area contributed by atoms with E-state index in [1.165, 1.54) is 11.3 Å². The molecule has 104 valence electrons. The van der Waals surface area contributed by atoms with Crippen molar-refractivity contribution in [2.75, 3.05) is 18.5 Å². The molecule has 1 N–H and O–H groups in total. The van der Waals surface area contributed by atoms with E-state index < -0.39 is 0 Å². The highest BCUT2D eigenvalue weighted by atomic mass is 35.5. The summed E-state index contributed by atoms with van der Waals surface area (Å²) in [6.45, 7) is 1.19. The largest absolute Gasteiger partial charge is 0.490 e. The maximum Gasteiger partial charge on any atom is 0.265 e. The molecule has 20 heavy (non-hydrogen) atoms. The van der Waals surface area contributed by atoms with Crippen LogP contribution in [-0.4, -0.2) is 19.1 Å². The Hall–Kier alpha value is -1.72. The number of hydrogen-bond donors (Lipinski definition) is 1. The van der Waals surface area contributed by atoms with Gasteiger partial charge < -0.3 is 14.8 Å². The van der Waals surface area contributed by atoms with Crippen molar-refractivity contribution in [1.29, 1.82) is 0 Å². The lowest BCUT2D eigenvalue weighted by molar-refractivity contribution is 0.103. The normalized spacial score (nSPS) is 13.7. The number of ether oxygens (including phenoxy) is 2. The quantitative estimate of drug-likeness (QED) is 0.917. The predicted octanol–water partition coefficient (Wildman–Crippen LogP) is 3.82. The molecule has 2 heterocycles. The maximum atomic E-state index is 12.0. The highest BCUT2D eigenvalue weighted by Crippen LogP contribution is 2.37. The fourth-order valence-electron chi connectivity index (χ4n) is 1.87. The molecule has 3 rings (SSSR count). The molecule has 0 radical (unpaired) electrons. The average molecular weight is 310 g/mol. The first-order valence-corrected chi connectivity index (χ1v) is 7.44. The monoisotopic (exact) mass is 309 g/mol. The van der Waals surface area contributed by atoms with Gasteiger partial charge in [-0.25, -0.2) is 0 Å². The number of hydrogen-bond acceptors (Lipinski definition) is 4. The van der Waals surface area contributed by atoms with E-state index in [0.29, 0.717) is 40.3 Å². The minimum absolute atomic E-state index is 0.184. The first-order valence-electron chi connectivity index (χ1n) is 6.18. The van der Waals surface area contributed by atoms with Gasteiger partial charge in [-0.3, -0.25) is 4.79 Å². The van der Waals surface area contributed by atoms with Crippen molar-refractivity contribution in [3.05, 3.63) is 39.5 Å². The van der Waals surface area contributed by atoms with Gasteiger partial charge in [0, 0.05) is 18.6 Å². The smallest absolute Gasteiger partial charge is 0.265 e. The summed E-state index contributed by atoms with van der Waals surface area (Å²) in [4.78, 5) is 12.7. The van der Waals surface area contributed by atoms with Crippen LogP contribution in [0.25, 0.3) is 0 Å². The Morgan fingerprint density at radius 1 is 1.25 bits per heavy atom. The topological polar surface area (TPSA) is 47.6 Å².